The van der Waals surface area contributed by atoms with Crippen LogP contribution in [0.2, 0.25) is 0 Å². The predicted molar refractivity (Wildman–Crippen MR) is 22.3 cm³/mol. The molecular formula is H6AlBDyO3. The summed E-state index contributed by atoms with van der Waals surface area (Å²) < 4.78 is 0. The van der Waals surface area contributed by atoms with Gasteiger partial charge in [-0.25, -0.2) is 0 Å². The van der Waals surface area contributed by atoms with Gasteiger partial charge in [-0.05, 0) is 0 Å². The average Bonchev–Trinajstić information content (AvgIpc) is 0.811. The summed E-state index contributed by atoms with van der Waals surface area (Å²) in [6.07, 6.45) is 0. The van der Waals surface area contributed by atoms with Crippen molar-refractivity contribution in [2.75, 3.05) is 0 Å². The summed E-state index contributed by atoms with van der Waals surface area (Å²) >= 11 is 0. The van der Waals surface area contributed by atoms with E-state index in [1.807, 2.05) is 0 Å². The standard InChI is InChI=1S/Al.BH3O3.Dy.3H/c;2-1(3)4;;;;/h;2-4H;;;;. The molecule has 0 fully saturated rings. The number of hydrogen-bond acceptors (Lipinski definition) is 3. The fraction of sp³-hybridized carbons (Fsp3) is 0. The molecular weight excluding hydrogens is 248 g/mol. The zero-order valence-corrected chi connectivity index (χ0v) is 4.26. The van der Waals surface area contributed by atoms with E-state index >= 15 is 0 Å². The van der Waals surface area contributed by atoms with Crippen LogP contribution in [0.15, 0.2) is 0 Å². The summed E-state index contributed by atoms with van der Waals surface area (Å²) in [5.41, 5.74) is 0. The third-order valence-corrected chi connectivity index (χ3v) is 0. The summed E-state index contributed by atoms with van der Waals surface area (Å²) in [6, 6.07) is 0. The van der Waals surface area contributed by atoms with E-state index < -0.39 is 7.32 Å². The van der Waals surface area contributed by atoms with E-state index in [-0.39, 0.29) is 55.5 Å². The molecule has 0 amide bonds. The van der Waals surface area contributed by atoms with Crippen LogP contribution in [0.25, 0.3) is 0 Å². The molecule has 0 saturated carbocycles. The van der Waals surface area contributed by atoms with Crippen LogP contribution in [-0.2, 0) is 0 Å². The van der Waals surface area contributed by atoms with Gasteiger partial charge in [0.2, 0.25) is 0 Å². The quantitative estimate of drug-likeness (QED) is 0.398. The summed E-state index contributed by atoms with van der Waals surface area (Å²) in [7, 11) is -2.17. The van der Waals surface area contributed by atoms with Gasteiger partial charge in [0.15, 0.2) is 17.4 Å². The summed E-state index contributed by atoms with van der Waals surface area (Å²) in [5.74, 6) is 0. The van der Waals surface area contributed by atoms with Gasteiger partial charge < -0.3 is 15.1 Å². The monoisotopic (exact) mass is 256 g/mol. The van der Waals surface area contributed by atoms with E-state index in [4.69, 9.17) is 15.1 Å². The maximum atomic E-state index is 7.17. The van der Waals surface area contributed by atoms with E-state index in [0.717, 1.165) is 0 Å². The molecule has 0 rings (SSSR count). The largest absolute Gasteiger partial charge is 0.631 e. The minimum Gasteiger partial charge on any atom is -0.402 e. The van der Waals surface area contributed by atoms with E-state index in [1.54, 1.807) is 0 Å². The summed E-state index contributed by atoms with van der Waals surface area (Å²) in [6.45, 7) is 0. The Labute approximate surface area is 77.1 Å². The van der Waals surface area contributed by atoms with Crippen molar-refractivity contribution in [2.24, 2.45) is 0 Å². The zero-order valence-electron chi connectivity index (χ0n) is 2.24. The first kappa shape index (κ1) is 15.7. The molecule has 0 aliphatic carbocycles. The van der Waals surface area contributed by atoms with Crippen molar-refractivity contribution in [3.8, 4) is 0 Å². The van der Waals surface area contributed by atoms with Crippen LogP contribution in [0, 0.1) is 38.2 Å². The van der Waals surface area contributed by atoms with E-state index in [1.165, 1.54) is 0 Å². The van der Waals surface area contributed by atoms with Gasteiger partial charge in [-0.3, -0.25) is 0 Å². The molecule has 0 aromatic rings. The van der Waals surface area contributed by atoms with Crippen LogP contribution in [0.1, 0.15) is 0 Å². The third kappa shape index (κ3) is 42.4. The molecule has 3 N–H and O–H groups in total. The third-order valence-electron chi connectivity index (χ3n) is 0. The molecule has 0 saturated heterocycles. The Balaban J connectivity index is -0.0000000450. The fourth-order valence-electron chi connectivity index (χ4n) is 0. The Hall–Kier alpha value is 1.75. The molecule has 0 heterocycles. The van der Waals surface area contributed by atoms with Crippen molar-refractivity contribution < 1.29 is 53.2 Å². The maximum absolute atomic E-state index is 7.17. The van der Waals surface area contributed by atoms with Crippen LogP contribution in [0.4, 0.5) is 0 Å². The molecule has 0 aliphatic rings. The van der Waals surface area contributed by atoms with Crippen LogP contribution < -0.4 is 0 Å². The second-order valence-electron chi connectivity index (χ2n) is 0.346. The second-order valence-corrected chi connectivity index (χ2v) is 0.346. The molecule has 0 atom stereocenters. The normalized spacial score (nSPS) is 4.50. The van der Waals surface area contributed by atoms with Crippen LogP contribution >= 0.6 is 0 Å². The van der Waals surface area contributed by atoms with Gasteiger partial charge in [0, 0.05) is 38.2 Å². The van der Waals surface area contributed by atoms with Crippen molar-refractivity contribution in [2.45, 2.75) is 0 Å². The molecule has 0 radical (unpaired) electrons. The average molecular weight is 254 g/mol. The van der Waals surface area contributed by atoms with Crippen molar-refractivity contribution in [1.82, 2.24) is 0 Å². The van der Waals surface area contributed by atoms with Gasteiger partial charge in [0.1, 0.15) is 0 Å². The second kappa shape index (κ2) is 9.89. The number of rotatable bonds is 0. The minimum absolute atomic E-state index is 0. The van der Waals surface area contributed by atoms with E-state index in [9.17, 15) is 0 Å². The Morgan fingerprint density at radius 2 is 1.00 bits per heavy atom. The first-order chi connectivity index (χ1) is 1.73. The number of hydrogen-bond donors (Lipinski definition) is 3. The van der Waals surface area contributed by atoms with Crippen LogP contribution in [0.3, 0.4) is 0 Å². The Bertz CT molecular complexity index is 15.5. The van der Waals surface area contributed by atoms with E-state index in [0.29, 0.717) is 0 Å². The molecule has 0 aromatic heterocycles. The Morgan fingerprint density at radius 3 is 1.00 bits per heavy atom. The topological polar surface area (TPSA) is 60.7 Å². The van der Waals surface area contributed by atoms with Gasteiger partial charge in [0.05, 0.1) is 0 Å². The van der Waals surface area contributed by atoms with Gasteiger partial charge >= 0.3 is 7.32 Å². The van der Waals surface area contributed by atoms with Crippen LogP contribution in [0.5, 0.6) is 0 Å². The first-order valence-electron chi connectivity index (χ1n) is 0.775. The minimum atomic E-state index is -2.17. The molecule has 0 aliphatic heterocycles. The first-order valence-corrected chi connectivity index (χ1v) is 0.775. The molecule has 6 heteroatoms. The van der Waals surface area contributed by atoms with Crippen LogP contribution in [-0.4, -0.2) is 39.8 Å². The van der Waals surface area contributed by atoms with Gasteiger partial charge in [0.25, 0.3) is 0 Å². The van der Waals surface area contributed by atoms with Gasteiger partial charge in [-0.15, -0.1) is 0 Å². The molecule has 3 nitrogen and oxygen atoms in total. The molecule has 6 heavy (non-hydrogen) atoms. The molecule has 0 aromatic carbocycles. The molecule has 0 spiro atoms. The fourth-order valence-corrected chi connectivity index (χ4v) is 0. The predicted octanol–water partition coefficient (Wildman–Crippen LogP) is -3.24. The zero-order chi connectivity index (χ0) is 3.58. The van der Waals surface area contributed by atoms with Gasteiger partial charge in [-0.2, -0.15) is 0 Å². The molecule has 0 bridgehead atoms. The Morgan fingerprint density at radius 1 is 1.00 bits per heavy atom. The van der Waals surface area contributed by atoms with Crippen molar-refractivity contribution in [1.29, 1.82) is 0 Å². The van der Waals surface area contributed by atoms with E-state index in [2.05, 4.69) is 0 Å². The Kier molecular flexibility index (Phi) is 25.8. The maximum Gasteiger partial charge on any atom is 0.631 e. The molecule has 0 unspecified atom stereocenters. The van der Waals surface area contributed by atoms with Crippen molar-refractivity contribution in [3.05, 3.63) is 0 Å². The summed E-state index contributed by atoms with van der Waals surface area (Å²) in [4.78, 5) is 0. The van der Waals surface area contributed by atoms with Gasteiger partial charge in [-0.1, -0.05) is 0 Å². The van der Waals surface area contributed by atoms with Crippen molar-refractivity contribution >= 4 is 24.7 Å². The molecule has 40 valence electrons. The van der Waals surface area contributed by atoms with Crippen molar-refractivity contribution in [3.63, 3.8) is 0 Å². The summed E-state index contributed by atoms with van der Waals surface area (Å²) in [5, 5.41) is 21.5. The smallest absolute Gasteiger partial charge is 0.402 e. The SMILES string of the molecule is OB(O)O.[AlH3].[Dy].